The molecule has 1 N–H and O–H groups in total. The number of nitrogens with one attached hydrogen (secondary N) is 1. The summed E-state index contributed by atoms with van der Waals surface area (Å²) in [6.07, 6.45) is 2.44. The Morgan fingerprint density at radius 1 is 1.07 bits per heavy atom. The van der Waals surface area contributed by atoms with Gasteiger partial charge >= 0.3 is 0 Å². The Morgan fingerprint density at radius 3 is 2.32 bits per heavy atom. The minimum Gasteiger partial charge on any atom is -0.350 e. The maximum atomic E-state index is 12.9. The first kappa shape index (κ1) is 19.8. The van der Waals surface area contributed by atoms with Crippen LogP contribution >= 0.6 is 0 Å². The van der Waals surface area contributed by atoms with Crippen LogP contribution in [-0.4, -0.2) is 41.2 Å². The number of benzene rings is 2. The molecule has 1 unspecified atom stereocenters. The van der Waals surface area contributed by atoms with E-state index in [2.05, 4.69) is 46.5 Å². The largest absolute Gasteiger partial charge is 0.350 e. The predicted octanol–water partition coefficient (Wildman–Crippen LogP) is 3.53. The Morgan fingerprint density at radius 2 is 1.71 bits per heavy atom. The first-order chi connectivity index (χ1) is 13.6. The Kier molecular flexibility index (Phi) is 6.61. The van der Waals surface area contributed by atoms with E-state index in [-0.39, 0.29) is 11.9 Å². The van der Waals surface area contributed by atoms with E-state index < -0.39 is 0 Å². The van der Waals surface area contributed by atoms with Crippen LogP contribution in [0.25, 0.3) is 0 Å². The fourth-order valence-corrected chi connectivity index (χ4v) is 3.42. The monoisotopic (exact) mass is 376 g/mol. The SMILES string of the molecule is CCc1c(C(=O)NCC(c2ccccc2)N(C)C)cnn1Cc1ccccc1. The van der Waals surface area contributed by atoms with Gasteiger partial charge in [0.05, 0.1) is 30.0 Å². The van der Waals surface area contributed by atoms with Crippen molar-refractivity contribution in [3.63, 3.8) is 0 Å². The van der Waals surface area contributed by atoms with E-state index in [9.17, 15) is 4.79 Å². The highest BCUT2D eigenvalue weighted by atomic mass is 16.1. The van der Waals surface area contributed by atoms with E-state index >= 15 is 0 Å². The lowest BCUT2D eigenvalue weighted by atomic mass is 10.1. The molecule has 5 heteroatoms. The van der Waals surface area contributed by atoms with Crippen molar-refractivity contribution in [1.82, 2.24) is 20.0 Å². The van der Waals surface area contributed by atoms with Gasteiger partial charge < -0.3 is 10.2 Å². The van der Waals surface area contributed by atoms with Gasteiger partial charge in [-0.25, -0.2) is 0 Å². The number of hydrogen-bond donors (Lipinski definition) is 1. The van der Waals surface area contributed by atoms with Crippen molar-refractivity contribution in [2.75, 3.05) is 20.6 Å². The maximum absolute atomic E-state index is 12.9. The van der Waals surface area contributed by atoms with Gasteiger partial charge in [0.2, 0.25) is 0 Å². The van der Waals surface area contributed by atoms with Crippen LogP contribution in [0.15, 0.2) is 66.9 Å². The number of aromatic nitrogens is 2. The molecule has 0 aliphatic carbocycles. The van der Waals surface area contributed by atoms with Gasteiger partial charge in [-0.15, -0.1) is 0 Å². The smallest absolute Gasteiger partial charge is 0.254 e. The molecule has 1 heterocycles. The van der Waals surface area contributed by atoms with E-state index in [4.69, 9.17) is 0 Å². The summed E-state index contributed by atoms with van der Waals surface area (Å²) in [5.41, 5.74) is 3.97. The standard InChI is InChI=1S/C23H28N4O/c1-4-21-20(15-25-27(21)17-18-11-7-5-8-12-18)23(28)24-16-22(26(2)3)19-13-9-6-10-14-19/h5-15,22H,4,16-17H2,1-3H3,(H,24,28). The van der Waals surface area contributed by atoms with Gasteiger partial charge in [0, 0.05) is 6.54 Å². The van der Waals surface area contributed by atoms with E-state index in [0.717, 1.165) is 12.1 Å². The summed E-state index contributed by atoms with van der Waals surface area (Å²) in [6.45, 7) is 3.27. The van der Waals surface area contributed by atoms with Crippen molar-refractivity contribution < 1.29 is 4.79 Å². The molecular weight excluding hydrogens is 348 g/mol. The van der Waals surface area contributed by atoms with E-state index in [1.165, 1.54) is 11.1 Å². The topological polar surface area (TPSA) is 50.2 Å². The lowest BCUT2D eigenvalue weighted by Gasteiger charge is -2.25. The van der Waals surface area contributed by atoms with Crippen molar-refractivity contribution in [2.45, 2.75) is 25.9 Å². The molecule has 1 amide bonds. The molecule has 0 fully saturated rings. The molecule has 0 aliphatic rings. The zero-order valence-electron chi connectivity index (χ0n) is 16.8. The van der Waals surface area contributed by atoms with Crippen LogP contribution in [-0.2, 0) is 13.0 Å². The average Bonchev–Trinajstić information content (AvgIpc) is 3.12. The van der Waals surface area contributed by atoms with Gasteiger partial charge in [0.1, 0.15) is 0 Å². The van der Waals surface area contributed by atoms with Crippen molar-refractivity contribution in [3.8, 4) is 0 Å². The number of carbonyl (C=O) groups excluding carboxylic acids is 1. The highest BCUT2D eigenvalue weighted by molar-refractivity contribution is 5.95. The summed E-state index contributed by atoms with van der Waals surface area (Å²) in [5, 5.41) is 7.57. The van der Waals surface area contributed by atoms with Crippen LogP contribution < -0.4 is 5.32 Å². The second-order valence-electron chi connectivity index (χ2n) is 7.10. The van der Waals surface area contributed by atoms with Crippen LogP contribution in [0.2, 0.25) is 0 Å². The van der Waals surface area contributed by atoms with Gasteiger partial charge in [-0.05, 0) is 31.6 Å². The summed E-state index contributed by atoms with van der Waals surface area (Å²) in [6, 6.07) is 20.5. The van der Waals surface area contributed by atoms with Crippen molar-refractivity contribution in [2.24, 2.45) is 0 Å². The normalized spacial score (nSPS) is 12.1. The molecule has 0 saturated carbocycles. The van der Waals surface area contributed by atoms with Crippen LogP contribution in [0.5, 0.6) is 0 Å². The predicted molar refractivity (Wildman–Crippen MR) is 112 cm³/mol. The Hall–Kier alpha value is -2.92. The molecule has 5 nitrogen and oxygen atoms in total. The second-order valence-corrected chi connectivity index (χ2v) is 7.10. The molecule has 1 aromatic heterocycles. The highest BCUT2D eigenvalue weighted by Gasteiger charge is 2.19. The summed E-state index contributed by atoms with van der Waals surface area (Å²) in [7, 11) is 4.05. The number of nitrogens with zero attached hydrogens (tertiary/aromatic N) is 3. The molecule has 3 aromatic rings. The quantitative estimate of drug-likeness (QED) is 0.654. The number of rotatable bonds is 8. The minimum atomic E-state index is -0.0704. The molecule has 0 bridgehead atoms. The molecule has 0 spiro atoms. The third-order valence-electron chi connectivity index (χ3n) is 4.97. The first-order valence-corrected chi connectivity index (χ1v) is 9.68. The summed E-state index contributed by atoms with van der Waals surface area (Å²) in [4.78, 5) is 15.0. The second kappa shape index (κ2) is 9.33. The Balaban J connectivity index is 1.72. The zero-order valence-corrected chi connectivity index (χ0v) is 16.8. The molecule has 28 heavy (non-hydrogen) atoms. The minimum absolute atomic E-state index is 0.0704. The van der Waals surface area contributed by atoms with E-state index in [1.54, 1.807) is 6.20 Å². The molecule has 3 rings (SSSR count). The van der Waals surface area contributed by atoms with Crippen molar-refractivity contribution >= 4 is 5.91 Å². The number of carbonyl (C=O) groups is 1. The van der Waals surface area contributed by atoms with Crippen LogP contribution in [0.4, 0.5) is 0 Å². The molecule has 0 radical (unpaired) electrons. The van der Waals surface area contributed by atoms with Gasteiger partial charge in [-0.2, -0.15) is 5.10 Å². The fourth-order valence-electron chi connectivity index (χ4n) is 3.42. The third kappa shape index (κ3) is 4.67. The average molecular weight is 377 g/mol. The lowest BCUT2D eigenvalue weighted by Crippen LogP contribution is -2.34. The first-order valence-electron chi connectivity index (χ1n) is 9.68. The lowest BCUT2D eigenvalue weighted by molar-refractivity contribution is 0.0941. The number of amides is 1. The Bertz CT molecular complexity index is 887. The maximum Gasteiger partial charge on any atom is 0.254 e. The van der Waals surface area contributed by atoms with Crippen molar-refractivity contribution in [3.05, 3.63) is 89.2 Å². The summed E-state index contributed by atoms with van der Waals surface area (Å²) in [5.74, 6) is -0.0704. The summed E-state index contributed by atoms with van der Waals surface area (Å²) >= 11 is 0. The Labute approximate surface area is 167 Å². The fraction of sp³-hybridized carbons (Fsp3) is 0.304. The zero-order chi connectivity index (χ0) is 19.9. The molecule has 0 aliphatic heterocycles. The number of likely N-dealkylation sites (N-methyl/N-ethyl adjacent to an activating group) is 1. The number of hydrogen-bond acceptors (Lipinski definition) is 3. The van der Waals surface area contributed by atoms with E-state index in [0.29, 0.717) is 18.7 Å². The van der Waals surface area contributed by atoms with Crippen molar-refractivity contribution in [1.29, 1.82) is 0 Å². The van der Waals surface area contributed by atoms with Crippen LogP contribution in [0, 0.1) is 0 Å². The van der Waals surface area contributed by atoms with E-state index in [1.807, 2.05) is 55.2 Å². The molecule has 0 saturated heterocycles. The third-order valence-corrected chi connectivity index (χ3v) is 4.97. The van der Waals surface area contributed by atoms with Crippen LogP contribution in [0.1, 0.15) is 40.1 Å². The highest BCUT2D eigenvalue weighted by Crippen LogP contribution is 2.18. The van der Waals surface area contributed by atoms with Gasteiger partial charge in [0.25, 0.3) is 5.91 Å². The van der Waals surface area contributed by atoms with Gasteiger partial charge in [0.15, 0.2) is 0 Å². The molecule has 1 atom stereocenters. The molecule has 2 aromatic carbocycles. The summed E-state index contributed by atoms with van der Waals surface area (Å²) < 4.78 is 1.92. The van der Waals surface area contributed by atoms with Crippen LogP contribution in [0.3, 0.4) is 0 Å². The van der Waals surface area contributed by atoms with Gasteiger partial charge in [-0.3, -0.25) is 9.48 Å². The van der Waals surface area contributed by atoms with Gasteiger partial charge in [-0.1, -0.05) is 67.6 Å². The molecule has 146 valence electrons. The molecular formula is C23H28N4O.